The second-order valence-electron chi connectivity index (χ2n) is 5.54. The standard InChI is InChI=1S/C18H14ClF2N3O/c1-23(18(25)14-7-16(20)17(21)8-15(14)19)10-12-9-22-24(11-12)13-5-3-2-4-6-13/h2-9,11H,10H2,1H3. The van der Waals surface area contributed by atoms with Gasteiger partial charge in [-0.05, 0) is 24.3 Å². The Morgan fingerprint density at radius 1 is 1.20 bits per heavy atom. The van der Waals surface area contributed by atoms with Crippen LogP contribution in [0.3, 0.4) is 0 Å². The number of hydrogen-bond acceptors (Lipinski definition) is 2. The van der Waals surface area contributed by atoms with Crippen molar-refractivity contribution in [1.29, 1.82) is 0 Å². The maximum absolute atomic E-state index is 13.4. The molecule has 0 spiro atoms. The van der Waals surface area contributed by atoms with Gasteiger partial charge in [0.15, 0.2) is 11.6 Å². The summed E-state index contributed by atoms with van der Waals surface area (Å²) in [5.74, 6) is -2.71. The van der Waals surface area contributed by atoms with Gasteiger partial charge in [-0.3, -0.25) is 4.79 Å². The number of para-hydroxylation sites is 1. The Kier molecular flexibility index (Phi) is 4.81. The Bertz CT molecular complexity index is 912. The molecule has 0 aliphatic heterocycles. The Labute approximate surface area is 148 Å². The van der Waals surface area contributed by atoms with Crippen LogP contribution in [-0.4, -0.2) is 27.6 Å². The molecule has 0 aliphatic rings. The van der Waals surface area contributed by atoms with E-state index < -0.39 is 17.5 Å². The highest BCUT2D eigenvalue weighted by atomic mass is 35.5. The molecule has 1 heterocycles. The van der Waals surface area contributed by atoms with Crippen LogP contribution in [0.2, 0.25) is 5.02 Å². The lowest BCUT2D eigenvalue weighted by Crippen LogP contribution is -2.26. The summed E-state index contributed by atoms with van der Waals surface area (Å²) in [5.41, 5.74) is 1.60. The van der Waals surface area contributed by atoms with E-state index in [1.165, 1.54) is 4.90 Å². The zero-order chi connectivity index (χ0) is 18.0. The summed E-state index contributed by atoms with van der Waals surface area (Å²) < 4.78 is 28.2. The average molecular weight is 362 g/mol. The van der Waals surface area contributed by atoms with Gasteiger partial charge in [-0.15, -0.1) is 0 Å². The first kappa shape index (κ1) is 17.1. The number of amides is 1. The van der Waals surface area contributed by atoms with Gasteiger partial charge in [0.05, 0.1) is 22.5 Å². The van der Waals surface area contributed by atoms with Crippen molar-refractivity contribution in [2.24, 2.45) is 0 Å². The van der Waals surface area contributed by atoms with Gasteiger partial charge >= 0.3 is 0 Å². The SMILES string of the molecule is CN(Cc1cnn(-c2ccccc2)c1)C(=O)c1cc(F)c(F)cc1Cl. The van der Waals surface area contributed by atoms with E-state index in [-0.39, 0.29) is 17.1 Å². The van der Waals surface area contributed by atoms with Gasteiger partial charge in [0.1, 0.15) is 0 Å². The molecule has 3 aromatic rings. The second-order valence-corrected chi connectivity index (χ2v) is 5.94. The molecule has 0 unspecified atom stereocenters. The van der Waals surface area contributed by atoms with Crippen molar-refractivity contribution < 1.29 is 13.6 Å². The normalized spacial score (nSPS) is 10.7. The Hall–Kier alpha value is -2.73. The molecule has 25 heavy (non-hydrogen) atoms. The monoisotopic (exact) mass is 361 g/mol. The van der Waals surface area contributed by atoms with Crippen molar-refractivity contribution >= 4 is 17.5 Å². The van der Waals surface area contributed by atoms with E-state index in [1.54, 1.807) is 24.1 Å². The van der Waals surface area contributed by atoms with Gasteiger partial charge in [0.25, 0.3) is 5.91 Å². The van der Waals surface area contributed by atoms with E-state index in [4.69, 9.17) is 11.6 Å². The molecule has 1 amide bonds. The Morgan fingerprint density at radius 2 is 1.88 bits per heavy atom. The summed E-state index contributed by atoms with van der Waals surface area (Å²) in [6.07, 6.45) is 3.44. The van der Waals surface area contributed by atoms with E-state index in [2.05, 4.69) is 5.10 Å². The van der Waals surface area contributed by atoms with Gasteiger partial charge in [-0.25, -0.2) is 13.5 Å². The third kappa shape index (κ3) is 3.69. The summed E-state index contributed by atoms with van der Waals surface area (Å²) >= 11 is 5.86. The number of rotatable bonds is 4. The fourth-order valence-electron chi connectivity index (χ4n) is 2.40. The predicted octanol–water partition coefficient (Wildman–Crippen LogP) is 4.08. The van der Waals surface area contributed by atoms with Crippen molar-refractivity contribution in [2.45, 2.75) is 6.54 Å². The summed E-state index contributed by atoms with van der Waals surface area (Å²) in [6.45, 7) is 0.251. The first-order valence-electron chi connectivity index (χ1n) is 7.44. The molecule has 0 atom stereocenters. The molecule has 2 aromatic carbocycles. The van der Waals surface area contributed by atoms with Crippen molar-refractivity contribution in [3.8, 4) is 5.69 Å². The molecule has 0 aliphatic carbocycles. The van der Waals surface area contributed by atoms with Crippen LogP contribution in [0.5, 0.6) is 0 Å². The van der Waals surface area contributed by atoms with E-state index in [0.717, 1.165) is 23.4 Å². The number of nitrogens with zero attached hydrogens (tertiary/aromatic N) is 3. The number of halogens is 3. The lowest BCUT2D eigenvalue weighted by Gasteiger charge is -2.17. The van der Waals surface area contributed by atoms with Crippen LogP contribution in [-0.2, 0) is 6.54 Å². The highest BCUT2D eigenvalue weighted by molar-refractivity contribution is 6.33. The summed E-state index contributed by atoms with van der Waals surface area (Å²) in [5, 5.41) is 4.13. The minimum absolute atomic E-state index is 0.0847. The van der Waals surface area contributed by atoms with Crippen LogP contribution in [0.4, 0.5) is 8.78 Å². The van der Waals surface area contributed by atoms with Gasteiger partial charge < -0.3 is 4.90 Å². The molecule has 0 saturated heterocycles. The van der Waals surface area contributed by atoms with E-state index in [9.17, 15) is 13.6 Å². The number of benzene rings is 2. The molecule has 0 fully saturated rings. The van der Waals surface area contributed by atoms with Crippen LogP contribution >= 0.6 is 11.6 Å². The van der Waals surface area contributed by atoms with E-state index in [0.29, 0.717) is 0 Å². The Morgan fingerprint density at radius 3 is 2.60 bits per heavy atom. The number of hydrogen-bond donors (Lipinski definition) is 0. The highest BCUT2D eigenvalue weighted by Gasteiger charge is 2.19. The third-order valence-electron chi connectivity index (χ3n) is 3.66. The lowest BCUT2D eigenvalue weighted by molar-refractivity contribution is 0.0784. The molecule has 0 N–H and O–H groups in total. The maximum Gasteiger partial charge on any atom is 0.255 e. The lowest BCUT2D eigenvalue weighted by atomic mass is 10.2. The fraction of sp³-hybridized carbons (Fsp3) is 0.111. The van der Waals surface area contributed by atoms with Crippen LogP contribution < -0.4 is 0 Å². The minimum atomic E-state index is -1.11. The first-order chi connectivity index (χ1) is 12.0. The molecule has 0 bridgehead atoms. The average Bonchev–Trinajstić information content (AvgIpc) is 3.07. The molecule has 0 radical (unpaired) electrons. The van der Waals surface area contributed by atoms with Crippen LogP contribution in [0.15, 0.2) is 54.9 Å². The second kappa shape index (κ2) is 7.03. The van der Waals surface area contributed by atoms with Crippen LogP contribution in [0, 0.1) is 11.6 Å². The summed E-state index contributed by atoms with van der Waals surface area (Å²) in [4.78, 5) is 13.8. The van der Waals surface area contributed by atoms with E-state index in [1.807, 2.05) is 30.3 Å². The fourth-order valence-corrected chi connectivity index (χ4v) is 2.63. The van der Waals surface area contributed by atoms with Gasteiger partial charge in [0.2, 0.25) is 0 Å². The molecular formula is C18H14ClF2N3O. The Balaban J connectivity index is 1.76. The maximum atomic E-state index is 13.4. The molecular weight excluding hydrogens is 348 g/mol. The number of carbonyl (C=O) groups excluding carboxylic acids is 1. The molecule has 4 nitrogen and oxygen atoms in total. The number of aromatic nitrogens is 2. The largest absolute Gasteiger partial charge is 0.337 e. The van der Waals surface area contributed by atoms with Crippen LogP contribution in [0.25, 0.3) is 5.69 Å². The van der Waals surface area contributed by atoms with Crippen molar-refractivity contribution in [3.63, 3.8) is 0 Å². The molecule has 7 heteroatoms. The quantitative estimate of drug-likeness (QED) is 0.657. The van der Waals surface area contributed by atoms with Crippen molar-refractivity contribution in [1.82, 2.24) is 14.7 Å². The van der Waals surface area contributed by atoms with Crippen molar-refractivity contribution in [2.75, 3.05) is 7.05 Å². The zero-order valence-corrected chi connectivity index (χ0v) is 14.0. The van der Waals surface area contributed by atoms with E-state index >= 15 is 0 Å². The van der Waals surface area contributed by atoms with Gasteiger partial charge in [-0.2, -0.15) is 5.10 Å². The smallest absolute Gasteiger partial charge is 0.255 e. The highest BCUT2D eigenvalue weighted by Crippen LogP contribution is 2.22. The third-order valence-corrected chi connectivity index (χ3v) is 3.98. The molecule has 1 aromatic heterocycles. The molecule has 0 saturated carbocycles. The topological polar surface area (TPSA) is 38.1 Å². The number of carbonyl (C=O) groups is 1. The molecule has 128 valence electrons. The molecule has 3 rings (SSSR count). The van der Waals surface area contributed by atoms with Gasteiger partial charge in [-0.1, -0.05) is 29.8 Å². The minimum Gasteiger partial charge on any atom is -0.337 e. The van der Waals surface area contributed by atoms with Gasteiger partial charge in [0, 0.05) is 25.4 Å². The predicted molar refractivity (Wildman–Crippen MR) is 90.7 cm³/mol. The zero-order valence-electron chi connectivity index (χ0n) is 13.3. The summed E-state index contributed by atoms with van der Waals surface area (Å²) in [7, 11) is 1.56. The van der Waals surface area contributed by atoms with Crippen molar-refractivity contribution in [3.05, 3.63) is 82.6 Å². The first-order valence-corrected chi connectivity index (χ1v) is 7.82. The summed E-state index contributed by atoms with van der Waals surface area (Å²) in [6, 6.07) is 11.1. The van der Waals surface area contributed by atoms with Crippen LogP contribution in [0.1, 0.15) is 15.9 Å².